The standard InChI is InChI=1S/C19H21ClN4O3/c20-15-6-1-2-7-16(15)24-19(26)22-11-13-4-3-5-14(10-13)23-18(25)17-12-21-8-9-27-17/h1-7,10,17,21H,8-9,11-12H2,(H,23,25)(H2,22,24,26). The molecule has 1 heterocycles. The molecule has 0 aromatic heterocycles. The van der Waals surface area contributed by atoms with Crippen LogP contribution in [0.15, 0.2) is 48.5 Å². The number of benzene rings is 2. The van der Waals surface area contributed by atoms with E-state index in [4.69, 9.17) is 16.3 Å². The molecular weight excluding hydrogens is 368 g/mol. The zero-order valence-electron chi connectivity index (χ0n) is 14.6. The van der Waals surface area contributed by atoms with E-state index in [0.29, 0.717) is 36.1 Å². The van der Waals surface area contributed by atoms with E-state index in [1.165, 1.54) is 0 Å². The van der Waals surface area contributed by atoms with Crippen LogP contribution in [0.1, 0.15) is 5.56 Å². The lowest BCUT2D eigenvalue weighted by Gasteiger charge is -2.22. The average molecular weight is 389 g/mol. The minimum absolute atomic E-state index is 0.191. The summed E-state index contributed by atoms with van der Waals surface area (Å²) < 4.78 is 5.44. The van der Waals surface area contributed by atoms with Crippen LogP contribution in [0.5, 0.6) is 0 Å². The minimum atomic E-state index is -0.498. The maximum atomic E-state index is 12.2. The van der Waals surface area contributed by atoms with Gasteiger partial charge < -0.3 is 26.0 Å². The molecule has 1 unspecified atom stereocenters. The van der Waals surface area contributed by atoms with E-state index >= 15 is 0 Å². The fraction of sp³-hybridized carbons (Fsp3) is 0.263. The topological polar surface area (TPSA) is 91.5 Å². The Morgan fingerprint density at radius 2 is 2.00 bits per heavy atom. The summed E-state index contributed by atoms with van der Waals surface area (Å²) in [7, 11) is 0. The highest BCUT2D eigenvalue weighted by atomic mass is 35.5. The summed E-state index contributed by atoms with van der Waals surface area (Å²) in [6.07, 6.45) is -0.498. The van der Waals surface area contributed by atoms with Gasteiger partial charge in [-0.2, -0.15) is 0 Å². The molecule has 3 rings (SSSR count). The lowest BCUT2D eigenvalue weighted by Crippen LogP contribution is -2.45. The maximum Gasteiger partial charge on any atom is 0.319 e. The molecule has 1 aliphatic heterocycles. The van der Waals surface area contributed by atoms with Crippen molar-refractivity contribution in [2.75, 3.05) is 30.3 Å². The van der Waals surface area contributed by atoms with Gasteiger partial charge >= 0.3 is 6.03 Å². The molecule has 8 heteroatoms. The van der Waals surface area contributed by atoms with Gasteiger partial charge in [0.1, 0.15) is 6.10 Å². The van der Waals surface area contributed by atoms with Gasteiger partial charge in [-0.15, -0.1) is 0 Å². The number of anilines is 2. The number of hydrogen-bond donors (Lipinski definition) is 4. The van der Waals surface area contributed by atoms with Crippen molar-refractivity contribution in [1.29, 1.82) is 0 Å². The zero-order chi connectivity index (χ0) is 19.1. The van der Waals surface area contributed by atoms with E-state index in [2.05, 4.69) is 21.3 Å². The molecule has 1 aliphatic rings. The molecule has 3 amide bonds. The van der Waals surface area contributed by atoms with E-state index in [1.54, 1.807) is 30.3 Å². The van der Waals surface area contributed by atoms with Crippen molar-refractivity contribution in [3.63, 3.8) is 0 Å². The van der Waals surface area contributed by atoms with Crippen molar-refractivity contribution in [2.24, 2.45) is 0 Å². The summed E-state index contributed by atoms with van der Waals surface area (Å²) in [5, 5.41) is 11.9. The highest BCUT2D eigenvalue weighted by Gasteiger charge is 2.21. The van der Waals surface area contributed by atoms with Gasteiger partial charge in [0.15, 0.2) is 0 Å². The Balaban J connectivity index is 1.52. The second kappa shape index (κ2) is 9.36. The fourth-order valence-electron chi connectivity index (χ4n) is 2.63. The van der Waals surface area contributed by atoms with E-state index in [-0.39, 0.29) is 11.9 Å². The summed E-state index contributed by atoms with van der Waals surface area (Å²) in [5.74, 6) is -0.191. The molecule has 142 valence electrons. The van der Waals surface area contributed by atoms with Crippen molar-refractivity contribution in [1.82, 2.24) is 10.6 Å². The first-order valence-corrected chi connectivity index (χ1v) is 9.01. The van der Waals surface area contributed by atoms with Gasteiger partial charge in [-0.3, -0.25) is 4.79 Å². The van der Waals surface area contributed by atoms with Gasteiger partial charge in [-0.05, 0) is 29.8 Å². The summed E-state index contributed by atoms with van der Waals surface area (Å²) in [6, 6.07) is 13.9. The van der Waals surface area contributed by atoms with Crippen LogP contribution in [-0.4, -0.2) is 37.7 Å². The van der Waals surface area contributed by atoms with Crippen LogP contribution >= 0.6 is 11.6 Å². The third kappa shape index (κ3) is 5.68. The lowest BCUT2D eigenvalue weighted by atomic mass is 10.2. The molecule has 27 heavy (non-hydrogen) atoms. The quantitative estimate of drug-likeness (QED) is 0.633. The number of hydrogen-bond acceptors (Lipinski definition) is 4. The molecule has 0 radical (unpaired) electrons. The monoisotopic (exact) mass is 388 g/mol. The first-order valence-electron chi connectivity index (χ1n) is 8.63. The van der Waals surface area contributed by atoms with Crippen LogP contribution in [-0.2, 0) is 16.1 Å². The second-order valence-corrected chi connectivity index (χ2v) is 6.45. The predicted octanol–water partition coefficient (Wildman–Crippen LogP) is 2.59. The Kier molecular flexibility index (Phi) is 6.64. The fourth-order valence-corrected chi connectivity index (χ4v) is 2.81. The number of ether oxygens (including phenoxy) is 1. The van der Waals surface area contributed by atoms with Crippen LogP contribution in [0.25, 0.3) is 0 Å². The molecule has 4 N–H and O–H groups in total. The summed E-state index contributed by atoms with van der Waals surface area (Å²) in [4.78, 5) is 24.2. The van der Waals surface area contributed by atoms with Gasteiger partial charge in [-0.1, -0.05) is 35.9 Å². The van der Waals surface area contributed by atoms with Crippen molar-refractivity contribution < 1.29 is 14.3 Å². The zero-order valence-corrected chi connectivity index (χ0v) is 15.4. The third-order valence-corrected chi connectivity index (χ3v) is 4.32. The van der Waals surface area contributed by atoms with Gasteiger partial charge in [-0.25, -0.2) is 4.79 Å². The molecule has 0 aliphatic carbocycles. The Bertz CT molecular complexity index is 809. The largest absolute Gasteiger partial charge is 0.366 e. The van der Waals surface area contributed by atoms with Crippen molar-refractivity contribution >= 4 is 34.9 Å². The van der Waals surface area contributed by atoms with Crippen LogP contribution < -0.4 is 21.3 Å². The summed E-state index contributed by atoms with van der Waals surface area (Å²) in [5.41, 5.74) is 2.04. The van der Waals surface area contributed by atoms with Gasteiger partial charge in [0, 0.05) is 25.3 Å². The number of nitrogens with one attached hydrogen (secondary N) is 4. The van der Waals surface area contributed by atoms with Gasteiger partial charge in [0.25, 0.3) is 5.91 Å². The van der Waals surface area contributed by atoms with E-state index in [0.717, 1.165) is 12.1 Å². The Hall–Kier alpha value is -2.61. The molecule has 2 aromatic carbocycles. The molecule has 1 atom stereocenters. The molecule has 0 spiro atoms. The smallest absolute Gasteiger partial charge is 0.319 e. The van der Waals surface area contributed by atoms with Crippen LogP contribution in [0.3, 0.4) is 0 Å². The Morgan fingerprint density at radius 1 is 1.15 bits per heavy atom. The van der Waals surface area contributed by atoms with E-state index in [9.17, 15) is 9.59 Å². The number of halogens is 1. The number of carbonyl (C=O) groups is 2. The number of urea groups is 1. The number of para-hydroxylation sites is 1. The van der Waals surface area contributed by atoms with Crippen molar-refractivity contribution in [3.8, 4) is 0 Å². The summed E-state index contributed by atoms with van der Waals surface area (Å²) >= 11 is 6.02. The SMILES string of the molecule is O=C(NCc1cccc(NC(=O)C2CNCCO2)c1)Nc1ccccc1Cl. The van der Waals surface area contributed by atoms with E-state index < -0.39 is 6.10 Å². The lowest BCUT2D eigenvalue weighted by molar-refractivity contribution is -0.128. The third-order valence-electron chi connectivity index (χ3n) is 3.99. The first kappa shape index (κ1) is 19.2. The molecule has 0 saturated carbocycles. The highest BCUT2D eigenvalue weighted by Crippen LogP contribution is 2.20. The Labute approximate surface area is 162 Å². The molecule has 1 fully saturated rings. The molecule has 7 nitrogen and oxygen atoms in total. The van der Waals surface area contributed by atoms with Gasteiger partial charge in [0.05, 0.1) is 17.3 Å². The van der Waals surface area contributed by atoms with E-state index in [1.807, 2.05) is 18.2 Å². The van der Waals surface area contributed by atoms with Crippen LogP contribution in [0, 0.1) is 0 Å². The average Bonchev–Trinajstić information content (AvgIpc) is 2.69. The minimum Gasteiger partial charge on any atom is -0.366 e. The summed E-state index contributed by atoms with van der Waals surface area (Å²) in [6.45, 7) is 2.07. The molecule has 0 bridgehead atoms. The van der Waals surface area contributed by atoms with Crippen molar-refractivity contribution in [2.45, 2.75) is 12.6 Å². The second-order valence-electron chi connectivity index (χ2n) is 6.04. The Morgan fingerprint density at radius 3 is 2.78 bits per heavy atom. The normalized spacial score (nSPS) is 16.4. The number of rotatable bonds is 5. The predicted molar refractivity (Wildman–Crippen MR) is 105 cm³/mol. The van der Waals surface area contributed by atoms with Gasteiger partial charge in [0.2, 0.25) is 0 Å². The maximum absolute atomic E-state index is 12.2. The molecule has 2 aromatic rings. The van der Waals surface area contributed by atoms with Crippen LogP contribution in [0.4, 0.5) is 16.2 Å². The van der Waals surface area contributed by atoms with Crippen LogP contribution in [0.2, 0.25) is 5.02 Å². The number of carbonyl (C=O) groups excluding carboxylic acids is 2. The first-order chi connectivity index (χ1) is 13.1. The molecular formula is C19H21ClN4O3. The molecule has 1 saturated heterocycles. The highest BCUT2D eigenvalue weighted by molar-refractivity contribution is 6.33. The number of morpholine rings is 1. The van der Waals surface area contributed by atoms with Crippen molar-refractivity contribution in [3.05, 3.63) is 59.1 Å². The number of amides is 3.